The van der Waals surface area contributed by atoms with Crippen LogP contribution in [0.3, 0.4) is 0 Å². The van der Waals surface area contributed by atoms with Gasteiger partial charge in [0.2, 0.25) is 11.9 Å². The van der Waals surface area contributed by atoms with Gasteiger partial charge in [-0.1, -0.05) is 0 Å². The molecule has 8 heteroatoms. The van der Waals surface area contributed by atoms with Crippen LogP contribution in [0.15, 0.2) is 23.5 Å². The van der Waals surface area contributed by atoms with Crippen molar-refractivity contribution in [3.63, 3.8) is 0 Å². The molecule has 0 spiro atoms. The monoisotopic (exact) mass is 361 g/mol. The first-order valence-electron chi connectivity index (χ1n) is 9.25. The molecule has 2 heterocycles. The molecule has 2 N–H and O–H groups in total. The number of aliphatic imine (C=N–C) groups is 1. The van der Waals surface area contributed by atoms with E-state index in [0.29, 0.717) is 26.1 Å². The number of piperazine rings is 1. The summed E-state index contributed by atoms with van der Waals surface area (Å²) in [6.07, 6.45) is 3.90. The number of hydrogen-bond donors (Lipinski definition) is 2. The highest BCUT2D eigenvalue weighted by atomic mass is 16.2. The molecule has 0 atom stereocenters. The van der Waals surface area contributed by atoms with Gasteiger partial charge in [0.25, 0.3) is 0 Å². The number of nitrogens with one attached hydrogen (secondary N) is 2. The molecule has 1 amide bonds. The van der Waals surface area contributed by atoms with Crippen molar-refractivity contribution in [1.29, 1.82) is 0 Å². The Morgan fingerprint density at radius 1 is 1.19 bits per heavy atom. The highest BCUT2D eigenvalue weighted by molar-refractivity contribution is 5.81. The summed E-state index contributed by atoms with van der Waals surface area (Å²) in [5, 5.41) is 6.54. The molecule has 0 saturated carbocycles. The van der Waals surface area contributed by atoms with Gasteiger partial charge in [0.15, 0.2) is 5.96 Å². The summed E-state index contributed by atoms with van der Waals surface area (Å²) in [5.74, 6) is 1.63. The number of rotatable bonds is 5. The maximum absolute atomic E-state index is 12.4. The Labute approximate surface area is 156 Å². The molecule has 0 aromatic carbocycles. The summed E-state index contributed by atoms with van der Waals surface area (Å²) >= 11 is 0. The molecular formula is C18H31N7O. The molecule has 1 aromatic heterocycles. The van der Waals surface area contributed by atoms with Gasteiger partial charge in [-0.05, 0) is 33.8 Å². The maximum atomic E-state index is 12.4. The second-order valence-electron chi connectivity index (χ2n) is 7.30. The van der Waals surface area contributed by atoms with E-state index in [1.54, 1.807) is 18.5 Å². The van der Waals surface area contributed by atoms with Crippen LogP contribution in [0.4, 0.5) is 5.95 Å². The van der Waals surface area contributed by atoms with Crippen molar-refractivity contribution in [2.75, 3.05) is 44.2 Å². The fraction of sp³-hybridized carbons (Fsp3) is 0.667. The summed E-state index contributed by atoms with van der Waals surface area (Å²) in [4.78, 5) is 29.5. The van der Waals surface area contributed by atoms with Crippen LogP contribution in [0.25, 0.3) is 0 Å². The normalized spacial score (nSPS) is 15.8. The lowest BCUT2D eigenvalue weighted by Crippen LogP contribution is -2.49. The third-order valence-electron chi connectivity index (χ3n) is 3.90. The van der Waals surface area contributed by atoms with E-state index in [1.165, 1.54) is 0 Å². The van der Waals surface area contributed by atoms with E-state index >= 15 is 0 Å². The van der Waals surface area contributed by atoms with Gasteiger partial charge < -0.3 is 20.4 Å². The summed E-state index contributed by atoms with van der Waals surface area (Å²) in [6.45, 7) is 12.5. The number of carbonyl (C=O) groups excluding carboxylic acids is 1. The van der Waals surface area contributed by atoms with Crippen LogP contribution >= 0.6 is 0 Å². The van der Waals surface area contributed by atoms with Crippen molar-refractivity contribution in [2.45, 2.75) is 39.7 Å². The first-order valence-corrected chi connectivity index (χ1v) is 9.25. The Bertz CT molecular complexity index is 589. The van der Waals surface area contributed by atoms with Gasteiger partial charge in [-0.25, -0.2) is 9.97 Å². The number of aromatic nitrogens is 2. The molecular weight excluding hydrogens is 330 g/mol. The topological polar surface area (TPSA) is 85.8 Å². The van der Waals surface area contributed by atoms with Crippen LogP contribution in [-0.2, 0) is 4.79 Å². The van der Waals surface area contributed by atoms with E-state index in [2.05, 4.69) is 51.3 Å². The Balaban J connectivity index is 1.78. The number of carbonyl (C=O) groups is 1. The minimum absolute atomic E-state index is 0.0686. The highest BCUT2D eigenvalue weighted by Crippen LogP contribution is 2.10. The zero-order valence-corrected chi connectivity index (χ0v) is 16.3. The molecule has 0 aliphatic carbocycles. The maximum Gasteiger partial charge on any atom is 0.225 e. The van der Waals surface area contributed by atoms with Crippen LogP contribution in [-0.4, -0.2) is 71.5 Å². The Kier molecular flexibility index (Phi) is 7.17. The van der Waals surface area contributed by atoms with Crippen LogP contribution in [0.5, 0.6) is 0 Å². The number of guanidine groups is 1. The molecule has 1 aliphatic heterocycles. The van der Waals surface area contributed by atoms with Crippen LogP contribution in [0.2, 0.25) is 0 Å². The quantitative estimate of drug-likeness (QED) is 0.598. The molecule has 144 valence electrons. The van der Waals surface area contributed by atoms with Crippen LogP contribution < -0.4 is 15.5 Å². The van der Waals surface area contributed by atoms with Crippen molar-refractivity contribution in [1.82, 2.24) is 25.5 Å². The van der Waals surface area contributed by atoms with Gasteiger partial charge >= 0.3 is 0 Å². The lowest BCUT2D eigenvalue weighted by atomic mass is 10.1. The molecule has 1 fully saturated rings. The van der Waals surface area contributed by atoms with E-state index < -0.39 is 0 Å². The molecule has 26 heavy (non-hydrogen) atoms. The number of hydrogen-bond acceptors (Lipinski definition) is 5. The lowest BCUT2D eigenvalue weighted by molar-refractivity contribution is -0.131. The summed E-state index contributed by atoms with van der Waals surface area (Å²) in [5.41, 5.74) is -0.0686. The van der Waals surface area contributed by atoms with Crippen molar-refractivity contribution in [3.05, 3.63) is 18.5 Å². The Hall–Kier alpha value is -2.38. The van der Waals surface area contributed by atoms with Gasteiger partial charge in [0, 0.05) is 57.1 Å². The first-order chi connectivity index (χ1) is 12.4. The average Bonchev–Trinajstić information content (AvgIpc) is 2.61. The van der Waals surface area contributed by atoms with Gasteiger partial charge in [0.1, 0.15) is 0 Å². The summed E-state index contributed by atoms with van der Waals surface area (Å²) in [6, 6.07) is 1.81. The third-order valence-corrected chi connectivity index (χ3v) is 3.90. The molecule has 2 rings (SSSR count). The molecule has 1 aromatic rings. The SMILES string of the molecule is CCNC(=NCCC(=O)N1CCN(c2ncccn2)CC1)NC(C)(C)C. The van der Waals surface area contributed by atoms with E-state index in [9.17, 15) is 4.79 Å². The first kappa shape index (κ1) is 19.9. The number of anilines is 1. The van der Waals surface area contributed by atoms with Gasteiger partial charge in [-0.15, -0.1) is 0 Å². The lowest BCUT2D eigenvalue weighted by Gasteiger charge is -2.34. The average molecular weight is 361 g/mol. The largest absolute Gasteiger partial charge is 0.357 e. The Morgan fingerprint density at radius 2 is 1.85 bits per heavy atom. The highest BCUT2D eigenvalue weighted by Gasteiger charge is 2.22. The zero-order chi connectivity index (χ0) is 19.0. The summed E-state index contributed by atoms with van der Waals surface area (Å²) in [7, 11) is 0. The molecule has 0 radical (unpaired) electrons. The number of nitrogens with zero attached hydrogens (tertiary/aromatic N) is 5. The third kappa shape index (κ3) is 6.50. The fourth-order valence-corrected chi connectivity index (χ4v) is 2.69. The molecule has 1 saturated heterocycles. The van der Waals surface area contributed by atoms with Crippen molar-refractivity contribution >= 4 is 17.8 Å². The van der Waals surface area contributed by atoms with E-state index in [0.717, 1.165) is 31.5 Å². The van der Waals surface area contributed by atoms with E-state index in [1.807, 2.05) is 11.8 Å². The van der Waals surface area contributed by atoms with E-state index in [4.69, 9.17) is 0 Å². The van der Waals surface area contributed by atoms with Crippen molar-refractivity contribution < 1.29 is 4.79 Å². The van der Waals surface area contributed by atoms with Crippen molar-refractivity contribution in [3.8, 4) is 0 Å². The minimum Gasteiger partial charge on any atom is -0.357 e. The second kappa shape index (κ2) is 9.35. The minimum atomic E-state index is -0.0686. The fourth-order valence-electron chi connectivity index (χ4n) is 2.69. The predicted molar refractivity (Wildman–Crippen MR) is 104 cm³/mol. The predicted octanol–water partition coefficient (Wildman–Crippen LogP) is 0.869. The standard InChI is InChI=1S/C18H31N7O/c1-5-19-16(23-18(2,3)4)20-10-7-15(26)24-11-13-25(14-12-24)17-21-8-6-9-22-17/h6,8-9H,5,7,10-14H2,1-4H3,(H2,19,20,23). The van der Waals surface area contributed by atoms with E-state index in [-0.39, 0.29) is 11.4 Å². The van der Waals surface area contributed by atoms with Gasteiger partial charge in [0.05, 0.1) is 6.54 Å². The Morgan fingerprint density at radius 3 is 2.42 bits per heavy atom. The molecule has 0 unspecified atom stereocenters. The second-order valence-corrected chi connectivity index (χ2v) is 7.30. The molecule has 0 bridgehead atoms. The molecule has 1 aliphatic rings. The summed E-state index contributed by atoms with van der Waals surface area (Å²) < 4.78 is 0. The number of amides is 1. The zero-order valence-electron chi connectivity index (χ0n) is 16.3. The van der Waals surface area contributed by atoms with Crippen LogP contribution in [0.1, 0.15) is 34.1 Å². The van der Waals surface area contributed by atoms with Crippen LogP contribution in [0, 0.1) is 0 Å². The van der Waals surface area contributed by atoms with Gasteiger partial charge in [-0.2, -0.15) is 0 Å². The smallest absolute Gasteiger partial charge is 0.225 e. The van der Waals surface area contributed by atoms with Crippen molar-refractivity contribution in [2.24, 2.45) is 4.99 Å². The molecule has 8 nitrogen and oxygen atoms in total. The van der Waals surface area contributed by atoms with Gasteiger partial charge in [-0.3, -0.25) is 9.79 Å².